The highest BCUT2D eigenvalue weighted by molar-refractivity contribution is 9.10. The standard InChI is InChI=1S/C18H26BrNO3/c1-17(2,3)13-7-8-15(14(19)10-13)23-9-5-6-16(21)20-11-18(4,22)12-20/h7-8,10,22H,5-6,9,11-12H2,1-4H3. The molecule has 1 N–H and O–H groups in total. The van der Waals surface area contributed by atoms with Crippen molar-refractivity contribution in [2.45, 2.75) is 51.6 Å². The lowest BCUT2D eigenvalue weighted by Crippen LogP contribution is -2.61. The van der Waals surface area contributed by atoms with Crippen LogP contribution in [0.5, 0.6) is 5.75 Å². The first-order valence-electron chi connectivity index (χ1n) is 8.01. The molecular formula is C18H26BrNO3. The highest BCUT2D eigenvalue weighted by Crippen LogP contribution is 2.31. The van der Waals surface area contributed by atoms with E-state index in [1.807, 2.05) is 6.07 Å². The van der Waals surface area contributed by atoms with Crippen molar-refractivity contribution >= 4 is 21.8 Å². The molecule has 1 fully saturated rings. The van der Waals surface area contributed by atoms with E-state index in [9.17, 15) is 9.90 Å². The molecule has 0 atom stereocenters. The molecule has 1 heterocycles. The van der Waals surface area contributed by atoms with E-state index in [0.717, 1.165) is 10.2 Å². The van der Waals surface area contributed by atoms with Crippen LogP contribution in [0.3, 0.4) is 0 Å². The van der Waals surface area contributed by atoms with Gasteiger partial charge < -0.3 is 14.7 Å². The molecule has 0 aliphatic carbocycles. The fourth-order valence-electron chi connectivity index (χ4n) is 2.60. The lowest BCUT2D eigenvalue weighted by atomic mass is 9.87. The summed E-state index contributed by atoms with van der Waals surface area (Å²) in [5, 5.41) is 9.64. The van der Waals surface area contributed by atoms with Gasteiger partial charge in [0.2, 0.25) is 5.91 Å². The van der Waals surface area contributed by atoms with Gasteiger partial charge in [-0.15, -0.1) is 0 Å². The molecule has 1 saturated heterocycles. The summed E-state index contributed by atoms with van der Waals surface area (Å²) < 4.78 is 6.70. The average Bonchev–Trinajstić information content (AvgIpc) is 2.40. The van der Waals surface area contributed by atoms with Crippen LogP contribution in [0.15, 0.2) is 22.7 Å². The first kappa shape index (κ1) is 18.3. The number of hydrogen-bond donors (Lipinski definition) is 1. The number of rotatable bonds is 5. The molecule has 1 aliphatic heterocycles. The van der Waals surface area contributed by atoms with Gasteiger partial charge in [0.25, 0.3) is 0 Å². The second kappa shape index (κ2) is 6.81. The highest BCUT2D eigenvalue weighted by Gasteiger charge is 2.38. The number of nitrogens with zero attached hydrogens (tertiary/aromatic N) is 1. The molecule has 4 nitrogen and oxygen atoms in total. The number of aliphatic hydroxyl groups is 1. The number of carbonyl (C=O) groups excluding carboxylic acids is 1. The molecule has 1 aliphatic rings. The van der Waals surface area contributed by atoms with Gasteiger partial charge in [-0.25, -0.2) is 0 Å². The Kier molecular flexibility index (Phi) is 5.41. The predicted octanol–water partition coefficient (Wildman–Crippen LogP) is 3.50. The van der Waals surface area contributed by atoms with Crippen molar-refractivity contribution in [1.82, 2.24) is 4.90 Å². The minimum absolute atomic E-state index is 0.0854. The number of amides is 1. The van der Waals surface area contributed by atoms with Crippen molar-refractivity contribution in [2.75, 3.05) is 19.7 Å². The molecule has 0 radical (unpaired) electrons. The molecule has 1 aromatic rings. The van der Waals surface area contributed by atoms with E-state index >= 15 is 0 Å². The second-order valence-electron chi connectivity index (χ2n) is 7.59. The third-order valence-electron chi connectivity index (χ3n) is 4.01. The third-order valence-corrected chi connectivity index (χ3v) is 4.63. The summed E-state index contributed by atoms with van der Waals surface area (Å²) in [6.07, 6.45) is 1.12. The zero-order valence-electron chi connectivity index (χ0n) is 14.4. The quantitative estimate of drug-likeness (QED) is 0.791. The van der Waals surface area contributed by atoms with E-state index in [-0.39, 0.29) is 11.3 Å². The Labute approximate surface area is 147 Å². The molecular weight excluding hydrogens is 358 g/mol. The van der Waals surface area contributed by atoms with Crippen LogP contribution in [0.1, 0.15) is 46.1 Å². The summed E-state index contributed by atoms with van der Waals surface area (Å²) >= 11 is 3.55. The maximum Gasteiger partial charge on any atom is 0.222 e. The summed E-state index contributed by atoms with van der Waals surface area (Å²) in [6.45, 7) is 9.65. The zero-order chi connectivity index (χ0) is 17.3. The topological polar surface area (TPSA) is 49.8 Å². The fourth-order valence-corrected chi connectivity index (χ4v) is 3.09. The fraction of sp³-hybridized carbons (Fsp3) is 0.611. The SMILES string of the molecule is CC1(O)CN(C(=O)CCCOc2ccc(C(C)(C)C)cc2Br)C1. The van der Waals surface area contributed by atoms with Crippen molar-refractivity contribution in [3.8, 4) is 5.75 Å². The molecule has 0 bridgehead atoms. The average molecular weight is 384 g/mol. The highest BCUT2D eigenvalue weighted by atomic mass is 79.9. The molecule has 0 spiro atoms. The lowest BCUT2D eigenvalue weighted by molar-refractivity contribution is -0.152. The van der Waals surface area contributed by atoms with Crippen LogP contribution in [-0.4, -0.2) is 41.2 Å². The third kappa shape index (κ3) is 4.95. The van der Waals surface area contributed by atoms with Crippen molar-refractivity contribution in [1.29, 1.82) is 0 Å². The van der Waals surface area contributed by atoms with E-state index in [4.69, 9.17) is 4.74 Å². The first-order valence-corrected chi connectivity index (χ1v) is 8.81. The van der Waals surface area contributed by atoms with Gasteiger partial charge in [0, 0.05) is 6.42 Å². The minimum Gasteiger partial charge on any atom is -0.492 e. The predicted molar refractivity (Wildman–Crippen MR) is 94.8 cm³/mol. The summed E-state index contributed by atoms with van der Waals surface area (Å²) in [5.41, 5.74) is 0.647. The van der Waals surface area contributed by atoms with E-state index in [1.165, 1.54) is 5.56 Å². The molecule has 0 unspecified atom stereocenters. The summed E-state index contributed by atoms with van der Waals surface area (Å²) in [7, 11) is 0. The Morgan fingerprint density at radius 1 is 1.39 bits per heavy atom. The van der Waals surface area contributed by atoms with Crippen molar-refractivity contribution in [3.05, 3.63) is 28.2 Å². The molecule has 23 heavy (non-hydrogen) atoms. The Morgan fingerprint density at radius 3 is 2.57 bits per heavy atom. The van der Waals surface area contributed by atoms with Crippen LogP contribution in [0, 0.1) is 0 Å². The van der Waals surface area contributed by atoms with Gasteiger partial charge in [-0.3, -0.25) is 4.79 Å². The number of likely N-dealkylation sites (tertiary alicyclic amines) is 1. The summed E-state index contributed by atoms with van der Waals surface area (Å²) in [6, 6.07) is 6.13. The zero-order valence-corrected chi connectivity index (χ0v) is 15.9. The number of carbonyl (C=O) groups is 1. The maximum absolute atomic E-state index is 11.9. The summed E-state index contributed by atoms with van der Waals surface area (Å²) in [4.78, 5) is 13.6. The number of β-amino-alcohol motifs (C(OH)–C–C–N with tert-alkyl or cyclic N) is 1. The van der Waals surface area contributed by atoms with E-state index in [0.29, 0.717) is 32.5 Å². The van der Waals surface area contributed by atoms with Crippen LogP contribution in [0.2, 0.25) is 0 Å². The first-order chi connectivity index (χ1) is 10.6. The molecule has 1 aromatic carbocycles. The normalized spacial score (nSPS) is 16.9. The van der Waals surface area contributed by atoms with Gasteiger partial charge in [0.15, 0.2) is 0 Å². The monoisotopic (exact) mass is 383 g/mol. The number of ether oxygens (including phenoxy) is 1. The second-order valence-corrected chi connectivity index (χ2v) is 8.45. The lowest BCUT2D eigenvalue weighted by Gasteiger charge is -2.44. The summed E-state index contributed by atoms with van der Waals surface area (Å²) in [5.74, 6) is 0.889. The Bertz CT molecular complexity index is 570. The molecule has 0 saturated carbocycles. The van der Waals surface area contributed by atoms with Crippen LogP contribution in [0.25, 0.3) is 0 Å². The van der Waals surface area contributed by atoms with Crippen LogP contribution in [-0.2, 0) is 10.2 Å². The van der Waals surface area contributed by atoms with E-state index < -0.39 is 5.60 Å². The number of benzene rings is 1. The van der Waals surface area contributed by atoms with Crippen LogP contribution < -0.4 is 4.74 Å². The Balaban J connectivity index is 1.75. The maximum atomic E-state index is 11.9. The molecule has 5 heteroatoms. The van der Waals surface area contributed by atoms with Gasteiger partial charge in [-0.05, 0) is 52.4 Å². The van der Waals surface area contributed by atoms with Gasteiger partial charge in [-0.1, -0.05) is 26.8 Å². The van der Waals surface area contributed by atoms with Crippen molar-refractivity contribution < 1.29 is 14.6 Å². The van der Waals surface area contributed by atoms with Crippen molar-refractivity contribution in [2.24, 2.45) is 0 Å². The molecule has 128 valence electrons. The molecule has 2 rings (SSSR count). The Morgan fingerprint density at radius 2 is 2.04 bits per heavy atom. The van der Waals surface area contributed by atoms with Gasteiger partial charge in [0.05, 0.1) is 29.8 Å². The van der Waals surface area contributed by atoms with Crippen LogP contribution >= 0.6 is 15.9 Å². The van der Waals surface area contributed by atoms with Gasteiger partial charge >= 0.3 is 0 Å². The number of hydrogen-bond acceptors (Lipinski definition) is 3. The van der Waals surface area contributed by atoms with E-state index in [2.05, 4.69) is 48.8 Å². The smallest absolute Gasteiger partial charge is 0.222 e. The largest absolute Gasteiger partial charge is 0.492 e. The van der Waals surface area contributed by atoms with Crippen molar-refractivity contribution in [3.63, 3.8) is 0 Å². The Hall–Kier alpha value is -1.07. The van der Waals surface area contributed by atoms with Gasteiger partial charge in [0.1, 0.15) is 5.75 Å². The number of halogens is 1. The van der Waals surface area contributed by atoms with E-state index in [1.54, 1.807) is 11.8 Å². The van der Waals surface area contributed by atoms with Gasteiger partial charge in [-0.2, -0.15) is 0 Å². The minimum atomic E-state index is -0.703. The molecule has 0 aromatic heterocycles. The van der Waals surface area contributed by atoms with Crippen LogP contribution in [0.4, 0.5) is 0 Å². The molecule has 1 amide bonds.